The molecule has 2 aromatic carbocycles. The van der Waals surface area contributed by atoms with E-state index in [0.29, 0.717) is 35.9 Å². The molecule has 2 aliphatic rings. The molecule has 166 valence electrons. The van der Waals surface area contributed by atoms with Crippen LogP contribution in [0.5, 0.6) is 0 Å². The zero-order chi connectivity index (χ0) is 21.9. The minimum atomic E-state index is -0.311. The van der Waals surface area contributed by atoms with Gasteiger partial charge in [-0.05, 0) is 61.4 Å². The number of benzene rings is 2. The van der Waals surface area contributed by atoms with Crippen molar-refractivity contribution >= 4 is 28.4 Å². The first-order chi connectivity index (χ1) is 15.7. The summed E-state index contributed by atoms with van der Waals surface area (Å²) in [6.45, 7) is 2.73. The van der Waals surface area contributed by atoms with Crippen LogP contribution in [0.15, 0.2) is 53.1 Å². The molecule has 1 aromatic heterocycles. The molecule has 0 radical (unpaired) electrons. The molecule has 0 spiro atoms. The topological polar surface area (TPSA) is 84.7 Å². The maximum Gasteiger partial charge on any atom is 0.294 e. The predicted molar refractivity (Wildman–Crippen MR) is 121 cm³/mol. The maximum atomic E-state index is 12.7. The monoisotopic (exact) mass is 433 g/mol. The fourth-order valence-electron chi connectivity index (χ4n) is 4.80. The van der Waals surface area contributed by atoms with Crippen molar-refractivity contribution in [2.45, 2.75) is 31.6 Å². The van der Waals surface area contributed by atoms with Gasteiger partial charge in [-0.1, -0.05) is 29.4 Å². The molecule has 2 heterocycles. The molecule has 1 saturated heterocycles. The molecule has 1 aliphatic carbocycles. The summed E-state index contributed by atoms with van der Waals surface area (Å²) in [5, 5.41) is 7.53. The number of hydrogen-bond acceptors (Lipinski definition) is 5. The number of rotatable bonds is 4. The van der Waals surface area contributed by atoms with Crippen LogP contribution in [-0.2, 0) is 9.53 Å². The average molecular weight is 434 g/mol. The molecule has 32 heavy (non-hydrogen) atoms. The fraction of sp³-hybridized carbons (Fsp3) is 0.400. The molecule has 1 N–H and O–H groups in total. The summed E-state index contributed by atoms with van der Waals surface area (Å²) < 4.78 is 10.6. The highest BCUT2D eigenvalue weighted by Gasteiger charge is 2.30. The number of aromatic nitrogens is 1. The number of carbonyl (C=O) groups is 2. The van der Waals surface area contributed by atoms with Crippen LogP contribution in [0.4, 0.5) is 5.69 Å². The van der Waals surface area contributed by atoms with Crippen LogP contribution in [0.3, 0.4) is 0 Å². The van der Waals surface area contributed by atoms with E-state index in [9.17, 15) is 9.59 Å². The van der Waals surface area contributed by atoms with Crippen molar-refractivity contribution in [3.63, 3.8) is 0 Å². The second-order valence-corrected chi connectivity index (χ2v) is 8.59. The number of ether oxygens (including phenoxy) is 1. The minimum Gasteiger partial charge on any atom is -0.378 e. The van der Waals surface area contributed by atoms with Crippen LogP contribution in [0, 0.1) is 5.92 Å². The molecule has 0 atom stereocenters. The minimum absolute atomic E-state index is 0.139. The number of anilines is 1. The summed E-state index contributed by atoms with van der Waals surface area (Å²) in [7, 11) is 0. The first-order valence-corrected chi connectivity index (χ1v) is 11.3. The molecular formula is C25H27N3O4. The van der Waals surface area contributed by atoms with E-state index in [1.54, 1.807) is 0 Å². The van der Waals surface area contributed by atoms with Gasteiger partial charge in [0.1, 0.15) is 5.52 Å². The second-order valence-electron chi connectivity index (χ2n) is 8.59. The molecule has 7 heteroatoms. The smallest absolute Gasteiger partial charge is 0.294 e. The summed E-state index contributed by atoms with van der Waals surface area (Å²) in [5.74, 6) is 0.789. The van der Waals surface area contributed by atoms with Crippen LogP contribution < -0.4 is 5.32 Å². The van der Waals surface area contributed by atoms with Crippen LogP contribution in [0.1, 0.15) is 47.7 Å². The molecule has 2 fully saturated rings. The Balaban J connectivity index is 1.17. The van der Waals surface area contributed by atoms with E-state index >= 15 is 0 Å². The van der Waals surface area contributed by atoms with Gasteiger partial charge in [-0.3, -0.25) is 9.59 Å². The van der Waals surface area contributed by atoms with Gasteiger partial charge in [-0.15, -0.1) is 0 Å². The number of nitrogens with zero attached hydrogens (tertiary/aromatic N) is 2. The van der Waals surface area contributed by atoms with Crippen molar-refractivity contribution in [2.75, 3.05) is 31.6 Å². The van der Waals surface area contributed by atoms with Gasteiger partial charge >= 0.3 is 0 Å². The van der Waals surface area contributed by atoms with Gasteiger partial charge in [0.15, 0.2) is 0 Å². The molecule has 1 aliphatic heterocycles. The van der Waals surface area contributed by atoms with Crippen molar-refractivity contribution in [2.24, 2.45) is 5.92 Å². The zero-order valence-corrected chi connectivity index (χ0v) is 18.0. The third-order valence-electron chi connectivity index (χ3n) is 6.63. The number of morpholine rings is 1. The summed E-state index contributed by atoms with van der Waals surface area (Å²) >= 11 is 0. The Kier molecular flexibility index (Phi) is 5.90. The Morgan fingerprint density at radius 2 is 1.66 bits per heavy atom. The molecule has 0 unspecified atom stereocenters. The third kappa shape index (κ3) is 4.25. The largest absolute Gasteiger partial charge is 0.378 e. The first kappa shape index (κ1) is 20.7. The highest BCUT2D eigenvalue weighted by Crippen LogP contribution is 2.37. The van der Waals surface area contributed by atoms with E-state index in [-0.39, 0.29) is 17.6 Å². The molecule has 2 amide bonds. The van der Waals surface area contributed by atoms with E-state index in [2.05, 4.69) is 22.6 Å². The second kappa shape index (κ2) is 9.12. The van der Waals surface area contributed by atoms with Gasteiger partial charge in [-0.25, -0.2) is 0 Å². The van der Waals surface area contributed by atoms with Crippen molar-refractivity contribution < 1.29 is 18.8 Å². The van der Waals surface area contributed by atoms with E-state index in [4.69, 9.17) is 9.26 Å². The maximum absolute atomic E-state index is 12.7. The average Bonchev–Trinajstić information content (AvgIpc) is 3.29. The van der Waals surface area contributed by atoms with Crippen molar-refractivity contribution in [3.05, 3.63) is 59.9 Å². The summed E-state index contributed by atoms with van der Waals surface area (Å²) in [6, 6.07) is 15.3. The van der Waals surface area contributed by atoms with Crippen LogP contribution in [0.2, 0.25) is 0 Å². The Labute approximate surface area is 186 Å². The van der Waals surface area contributed by atoms with Crippen molar-refractivity contribution in [1.82, 2.24) is 10.1 Å². The van der Waals surface area contributed by atoms with Crippen molar-refractivity contribution in [1.29, 1.82) is 0 Å². The Morgan fingerprint density at radius 1 is 0.938 bits per heavy atom. The van der Waals surface area contributed by atoms with Gasteiger partial charge in [0.25, 0.3) is 5.91 Å². The summed E-state index contributed by atoms with van der Waals surface area (Å²) in [6.07, 6.45) is 3.88. The normalized spacial score (nSPS) is 21.4. The molecular weight excluding hydrogens is 406 g/mol. The Morgan fingerprint density at radius 3 is 2.41 bits per heavy atom. The van der Waals surface area contributed by atoms with Gasteiger partial charge in [0, 0.05) is 24.7 Å². The highest BCUT2D eigenvalue weighted by molar-refractivity contribution is 6.10. The van der Waals surface area contributed by atoms with Crippen LogP contribution >= 0.6 is 0 Å². The van der Waals surface area contributed by atoms with Gasteiger partial charge < -0.3 is 19.5 Å². The van der Waals surface area contributed by atoms with Crippen molar-refractivity contribution in [3.8, 4) is 0 Å². The number of amides is 2. The Hall–Kier alpha value is -3.19. The van der Waals surface area contributed by atoms with E-state index < -0.39 is 0 Å². The van der Waals surface area contributed by atoms with E-state index in [1.165, 1.54) is 5.56 Å². The summed E-state index contributed by atoms with van der Waals surface area (Å²) in [5.41, 5.74) is 2.64. The summed E-state index contributed by atoms with van der Waals surface area (Å²) in [4.78, 5) is 27.3. The number of fused-ring (bicyclic) bond motifs is 1. The van der Waals surface area contributed by atoms with Crippen LogP contribution in [-0.4, -0.2) is 48.2 Å². The number of nitrogens with one attached hydrogen (secondary N) is 1. The highest BCUT2D eigenvalue weighted by atomic mass is 16.5. The number of carbonyl (C=O) groups excluding carboxylic acids is 2. The zero-order valence-electron chi connectivity index (χ0n) is 18.0. The lowest BCUT2D eigenvalue weighted by Crippen LogP contribution is -2.44. The van der Waals surface area contributed by atoms with E-state index in [1.807, 2.05) is 41.3 Å². The standard InChI is InChI=1S/C25H27N3O4/c29-24(23-21-3-1-2-4-22(21)27-32-23)26-20-11-9-18(10-12-20)17-5-7-19(8-6-17)25(30)28-13-15-31-16-14-28/h1-4,9-12,17,19H,5-8,13-16H2,(H,26,29)/t17-,19-. The van der Waals surface area contributed by atoms with Gasteiger partial charge in [0.2, 0.25) is 11.7 Å². The van der Waals surface area contributed by atoms with Crippen LogP contribution in [0.25, 0.3) is 10.9 Å². The molecule has 1 saturated carbocycles. The lowest BCUT2D eigenvalue weighted by atomic mass is 9.78. The molecule has 3 aromatic rings. The van der Waals surface area contributed by atoms with E-state index in [0.717, 1.165) is 44.5 Å². The molecule has 5 rings (SSSR count). The first-order valence-electron chi connectivity index (χ1n) is 11.3. The molecule has 7 nitrogen and oxygen atoms in total. The lowest BCUT2D eigenvalue weighted by Gasteiger charge is -2.34. The Bertz CT molecular complexity index is 1090. The lowest BCUT2D eigenvalue weighted by molar-refractivity contribution is -0.140. The third-order valence-corrected chi connectivity index (χ3v) is 6.63. The quantitative estimate of drug-likeness (QED) is 0.666. The molecule has 0 bridgehead atoms. The van der Waals surface area contributed by atoms with Gasteiger partial charge in [-0.2, -0.15) is 0 Å². The number of hydrogen-bond donors (Lipinski definition) is 1. The fourth-order valence-corrected chi connectivity index (χ4v) is 4.80. The van der Waals surface area contributed by atoms with Gasteiger partial charge in [0.05, 0.1) is 18.6 Å². The SMILES string of the molecule is O=C(Nc1ccc([C@H]2CC[C@H](C(=O)N3CCOCC3)CC2)cc1)c1onc2ccccc12. The predicted octanol–water partition coefficient (Wildman–Crippen LogP) is 4.21.